The SMILES string of the molecule is Cc1cc(C)nc(Nc2ccc(C(=O)NC(C)C)cc2)n1. The molecule has 5 nitrogen and oxygen atoms in total. The molecule has 0 spiro atoms. The quantitative estimate of drug-likeness (QED) is 0.905. The van der Waals surface area contributed by atoms with Crippen LogP contribution in [0.25, 0.3) is 0 Å². The highest BCUT2D eigenvalue weighted by Gasteiger charge is 2.07. The summed E-state index contributed by atoms with van der Waals surface area (Å²) in [7, 11) is 0. The van der Waals surface area contributed by atoms with Crippen molar-refractivity contribution in [1.29, 1.82) is 0 Å². The van der Waals surface area contributed by atoms with Gasteiger partial charge in [-0.15, -0.1) is 0 Å². The molecule has 5 heteroatoms. The van der Waals surface area contributed by atoms with Gasteiger partial charge in [0.1, 0.15) is 0 Å². The van der Waals surface area contributed by atoms with Gasteiger partial charge in [0.2, 0.25) is 5.95 Å². The molecule has 0 saturated carbocycles. The van der Waals surface area contributed by atoms with E-state index >= 15 is 0 Å². The van der Waals surface area contributed by atoms with Crippen LogP contribution in [0, 0.1) is 13.8 Å². The molecule has 110 valence electrons. The van der Waals surface area contributed by atoms with E-state index in [0.717, 1.165) is 17.1 Å². The Hall–Kier alpha value is -2.43. The molecule has 0 bridgehead atoms. The van der Waals surface area contributed by atoms with Crippen LogP contribution in [0.4, 0.5) is 11.6 Å². The van der Waals surface area contributed by atoms with Crippen molar-refractivity contribution in [2.75, 3.05) is 5.32 Å². The lowest BCUT2D eigenvalue weighted by atomic mass is 10.2. The molecule has 0 atom stereocenters. The summed E-state index contributed by atoms with van der Waals surface area (Å²) in [5.74, 6) is 0.492. The second-order valence-electron chi connectivity index (χ2n) is 5.30. The molecule has 1 amide bonds. The molecule has 0 fully saturated rings. The molecule has 2 aromatic rings. The highest BCUT2D eigenvalue weighted by molar-refractivity contribution is 5.94. The normalized spacial score (nSPS) is 10.5. The average Bonchev–Trinajstić information content (AvgIpc) is 2.37. The molecule has 0 aliphatic carbocycles. The van der Waals surface area contributed by atoms with E-state index in [-0.39, 0.29) is 11.9 Å². The number of anilines is 2. The predicted molar refractivity (Wildman–Crippen MR) is 83.8 cm³/mol. The van der Waals surface area contributed by atoms with Gasteiger partial charge in [0.25, 0.3) is 5.91 Å². The van der Waals surface area contributed by atoms with Crippen LogP contribution in [0.1, 0.15) is 35.6 Å². The van der Waals surface area contributed by atoms with Crippen molar-refractivity contribution in [3.05, 3.63) is 47.3 Å². The van der Waals surface area contributed by atoms with E-state index in [4.69, 9.17) is 0 Å². The zero-order valence-corrected chi connectivity index (χ0v) is 12.8. The smallest absolute Gasteiger partial charge is 0.251 e. The van der Waals surface area contributed by atoms with E-state index in [0.29, 0.717) is 11.5 Å². The largest absolute Gasteiger partial charge is 0.350 e. The number of nitrogens with zero attached hydrogens (tertiary/aromatic N) is 2. The molecule has 0 saturated heterocycles. The van der Waals surface area contributed by atoms with Crippen molar-refractivity contribution in [3.63, 3.8) is 0 Å². The number of benzene rings is 1. The van der Waals surface area contributed by atoms with Gasteiger partial charge < -0.3 is 10.6 Å². The van der Waals surface area contributed by atoms with Gasteiger partial charge in [-0.1, -0.05) is 0 Å². The van der Waals surface area contributed by atoms with Crippen LogP contribution in [0.5, 0.6) is 0 Å². The minimum Gasteiger partial charge on any atom is -0.350 e. The van der Waals surface area contributed by atoms with Crippen LogP contribution >= 0.6 is 0 Å². The lowest BCUT2D eigenvalue weighted by molar-refractivity contribution is 0.0943. The summed E-state index contributed by atoms with van der Waals surface area (Å²) >= 11 is 0. The van der Waals surface area contributed by atoms with E-state index in [1.54, 1.807) is 12.1 Å². The maximum atomic E-state index is 11.9. The Morgan fingerprint density at radius 1 is 1.05 bits per heavy atom. The summed E-state index contributed by atoms with van der Waals surface area (Å²) in [6.07, 6.45) is 0. The van der Waals surface area contributed by atoms with Gasteiger partial charge in [-0.3, -0.25) is 4.79 Å². The highest BCUT2D eigenvalue weighted by atomic mass is 16.1. The van der Waals surface area contributed by atoms with Crippen LogP contribution < -0.4 is 10.6 Å². The third kappa shape index (κ3) is 4.27. The van der Waals surface area contributed by atoms with Crippen LogP contribution in [0.15, 0.2) is 30.3 Å². The molecule has 2 N–H and O–H groups in total. The number of hydrogen-bond donors (Lipinski definition) is 2. The van der Waals surface area contributed by atoms with Gasteiger partial charge >= 0.3 is 0 Å². The van der Waals surface area contributed by atoms with Crippen molar-refractivity contribution in [2.24, 2.45) is 0 Å². The Morgan fingerprint density at radius 3 is 2.14 bits per heavy atom. The lowest BCUT2D eigenvalue weighted by Crippen LogP contribution is -2.29. The fourth-order valence-electron chi connectivity index (χ4n) is 1.96. The zero-order chi connectivity index (χ0) is 15.4. The standard InChI is InChI=1S/C16H20N4O/c1-10(2)17-15(21)13-5-7-14(8-6-13)20-16-18-11(3)9-12(4)19-16/h5-10H,1-4H3,(H,17,21)(H,18,19,20). The zero-order valence-electron chi connectivity index (χ0n) is 12.8. The van der Waals surface area contributed by atoms with E-state index < -0.39 is 0 Å². The summed E-state index contributed by atoms with van der Waals surface area (Å²) in [5, 5.41) is 6.00. The third-order valence-corrected chi connectivity index (χ3v) is 2.81. The molecule has 1 aromatic carbocycles. The first-order chi connectivity index (χ1) is 9.94. The summed E-state index contributed by atoms with van der Waals surface area (Å²) in [4.78, 5) is 20.5. The number of carbonyl (C=O) groups is 1. The Morgan fingerprint density at radius 2 is 1.62 bits per heavy atom. The van der Waals surface area contributed by atoms with E-state index in [2.05, 4.69) is 20.6 Å². The van der Waals surface area contributed by atoms with Gasteiger partial charge in [-0.2, -0.15) is 0 Å². The number of amides is 1. The summed E-state index contributed by atoms with van der Waals surface area (Å²) in [6.45, 7) is 7.73. The van der Waals surface area contributed by atoms with Crippen molar-refractivity contribution in [3.8, 4) is 0 Å². The van der Waals surface area contributed by atoms with Crippen molar-refractivity contribution in [1.82, 2.24) is 15.3 Å². The number of aromatic nitrogens is 2. The second kappa shape index (κ2) is 6.35. The number of aryl methyl sites for hydroxylation is 2. The number of hydrogen-bond acceptors (Lipinski definition) is 4. The van der Waals surface area contributed by atoms with E-state index in [9.17, 15) is 4.79 Å². The first-order valence-corrected chi connectivity index (χ1v) is 6.94. The van der Waals surface area contributed by atoms with E-state index in [1.165, 1.54) is 0 Å². The topological polar surface area (TPSA) is 66.9 Å². The fourth-order valence-corrected chi connectivity index (χ4v) is 1.96. The molecule has 21 heavy (non-hydrogen) atoms. The Balaban J connectivity index is 2.10. The first-order valence-electron chi connectivity index (χ1n) is 6.94. The van der Waals surface area contributed by atoms with Gasteiger partial charge in [0, 0.05) is 28.7 Å². The monoisotopic (exact) mass is 284 g/mol. The second-order valence-corrected chi connectivity index (χ2v) is 5.30. The van der Waals surface area contributed by atoms with Gasteiger partial charge in [0.15, 0.2) is 0 Å². The first kappa shape index (κ1) is 15.0. The molecule has 2 rings (SSSR count). The van der Waals surface area contributed by atoms with Crippen LogP contribution in [0.3, 0.4) is 0 Å². The maximum absolute atomic E-state index is 11.9. The van der Waals surface area contributed by atoms with Crippen LogP contribution in [-0.2, 0) is 0 Å². The third-order valence-electron chi connectivity index (χ3n) is 2.81. The minimum atomic E-state index is -0.0702. The number of nitrogens with one attached hydrogen (secondary N) is 2. The Bertz CT molecular complexity index is 615. The van der Waals surface area contributed by atoms with Crippen molar-refractivity contribution < 1.29 is 4.79 Å². The Kier molecular flexibility index (Phi) is 4.52. The summed E-state index contributed by atoms with van der Waals surface area (Å²) in [6, 6.07) is 9.29. The Labute approximate surface area is 124 Å². The number of rotatable bonds is 4. The van der Waals surface area contributed by atoms with E-state index in [1.807, 2.05) is 45.9 Å². The molecule has 0 unspecified atom stereocenters. The molecule has 0 aliphatic heterocycles. The molecular formula is C16H20N4O. The lowest BCUT2D eigenvalue weighted by Gasteiger charge is -2.10. The summed E-state index contributed by atoms with van der Waals surface area (Å²) in [5.41, 5.74) is 3.31. The molecule has 1 heterocycles. The van der Waals surface area contributed by atoms with Gasteiger partial charge in [0.05, 0.1) is 0 Å². The highest BCUT2D eigenvalue weighted by Crippen LogP contribution is 2.15. The molecule has 0 radical (unpaired) electrons. The molecular weight excluding hydrogens is 264 g/mol. The van der Waals surface area contributed by atoms with Gasteiger partial charge in [-0.25, -0.2) is 9.97 Å². The number of carbonyl (C=O) groups excluding carboxylic acids is 1. The van der Waals surface area contributed by atoms with Gasteiger partial charge in [-0.05, 0) is 58.0 Å². The predicted octanol–water partition coefficient (Wildman–Crippen LogP) is 2.98. The average molecular weight is 284 g/mol. The van der Waals surface area contributed by atoms with Crippen molar-refractivity contribution in [2.45, 2.75) is 33.7 Å². The fraction of sp³-hybridized carbons (Fsp3) is 0.312. The van der Waals surface area contributed by atoms with Crippen LogP contribution in [0.2, 0.25) is 0 Å². The summed E-state index contributed by atoms with van der Waals surface area (Å²) < 4.78 is 0. The van der Waals surface area contributed by atoms with Crippen LogP contribution in [-0.4, -0.2) is 21.9 Å². The molecule has 0 aliphatic rings. The maximum Gasteiger partial charge on any atom is 0.251 e. The minimum absolute atomic E-state index is 0.0702. The van der Waals surface area contributed by atoms with Crippen molar-refractivity contribution >= 4 is 17.5 Å². The molecule has 1 aromatic heterocycles.